The van der Waals surface area contributed by atoms with Crippen molar-refractivity contribution in [2.45, 2.75) is 0 Å². The number of nitro groups is 1. The molecular weight excluding hydrogens is 284 g/mol. The molecule has 0 aliphatic heterocycles. The first-order valence-electron chi connectivity index (χ1n) is 6.29. The van der Waals surface area contributed by atoms with E-state index in [9.17, 15) is 10.1 Å². The van der Waals surface area contributed by atoms with Crippen molar-refractivity contribution in [1.82, 2.24) is 4.57 Å². The number of guanidine groups is 1. The number of benzene rings is 1. The van der Waals surface area contributed by atoms with E-state index in [-0.39, 0.29) is 11.6 Å². The molecule has 2 rings (SSSR count). The van der Waals surface area contributed by atoms with Crippen LogP contribution in [-0.2, 0) is 0 Å². The van der Waals surface area contributed by atoms with Gasteiger partial charge in [0.2, 0.25) is 5.96 Å². The standard InChI is InChI=1S/C14H14N6O2/c15-14(16)18-17-9-3-5-11-6-4-10-19(11)12-7-1-2-8-13(12)20(21)22/h1-10H,(H4,15,16,18)/b5-3-,17-9+. The molecule has 0 saturated heterocycles. The van der Waals surface area contributed by atoms with Gasteiger partial charge in [0, 0.05) is 24.2 Å². The first-order chi connectivity index (χ1) is 10.6. The fraction of sp³-hybridized carbons (Fsp3) is 0. The average Bonchev–Trinajstić information content (AvgIpc) is 2.94. The van der Waals surface area contributed by atoms with E-state index < -0.39 is 4.92 Å². The smallest absolute Gasteiger partial charge is 0.293 e. The zero-order chi connectivity index (χ0) is 15.9. The summed E-state index contributed by atoms with van der Waals surface area (Å²) in [6, 6.07) is 10.1. The molecule has 1 aromatic carbocycles. The Morgan fingerprint density at radius 3 is 2.73 bits per heavy atom. The molecule has 0 bridgehead atoms. The van der Waals surface area contributed by atoms with Crippen molar-refractivity contribution >= 4 is 23.9 Å². The largest absolute Gasteiger partial charge is 0.369 e. The van der Waals surface area contributed by atoms with Crippen LogP contribution in [0.5, 0.6) is 0 Å². The van der Waals surface area contributed by atoms with Gasteiger partial charge in [0.15, 0.2) is 0 Å². The van der Waals surface area contributed by atoms with Crippen LogP contribution < -0.4 is 11.5 Å². The topological polar surface area (TPSA) is 125 Å². The molecule has 0 radical (unpaired) electrons. The van der Waals surface area contributed by atoms with E-state index in [1.165, 1.54) is 12.3 Å². The van der Waals surface area contributed by atoms with Crippen molar-refractivity contribution in [2.75, 3.05) is 0 Å². The lowest BCUT2D eigenvalue weighted by molar-refractivity contribution is -0.384. The lowest BCUT2D eigenvalue weighted by Crippen LogP contribution is -2.21. The Morgan fingerprint density at radius 2 is 2.00 bits per heavy atom. The Bertz CT molecular complexity index is 756. The molecule has 112 valence electrons. The van der Waals surface area contributed by atoms with Gasteiger partial charge in [0.05, 0.1) is 4.92 Å². The molecule has 8 heteroatoms. The highest BCUT2D eigenvalue weighted by molar-refractivity contribution is 5.80. The fourth-order valence-corrected chi connectivity index (χ4v) is 1.85. The van der Waals surface area contributed by atoms with E-state index in [2.05, 4.69) is 10.2 Å². The van der Waals surface area contributed by atoms with Gasteiger partial charge in [-0.05, 0) is 30.4 Å². The Kier molecular flexibility index (Phi) is 4.66. The third kappa shape index (κ3) is 3.57. The summed E-state index contributed by atoms with van der Waals surface area (Å²) in [6.45, 7) is 0. The fourth-order valence-electron chi connectivity index (χ4n) is 1.85. The van der Waals surface area contributed by atoms with Crippen molar-refractivity contribution in [1.29, 1.82) is 0 Å². The number of nitro benzene ring substituents is 1. The van der Waals surface area contributed by atoms with Crippen LogP contribution in [0.15, 0.2) is 58.9 Å². The van der Waals surface area contributed by atoms with E-state index in [0.29, 0.717) is 5.69 Å². The Morgan fingerprint density at radius 1 is 1.23 bits per heavy atom. The number of aromatic nitrogens is 1. The third-order valence-electron chi connectivity index (χ3n) is 2.71. The summed E-state index contributed by atoms with van der Waals surface area (Å²) >= 11 is 0. The Balaban J connectivity index is 2.31. The zero-order valence-corrected chi connectivity index (χ0v) is 11.5. The summed E-state index contributed by atoms with van der Waals surface area (Å²) < 4.78 is 1.71. The lowest BCUT2D eigenvalue weighted by Gasteiger charge is -2.06. The number of hydrogen-bond donors (Lipinski definition) is 2. The van der Waals surface area contributed by atoms with Crippen molar-refractivity contribution in [3.8, 4) is 5.69 Å². The molecular formula is C14H14N6O2. The third-order valence-corrected chi connectivity index (χ3v) is 2.71. The van der Waals surface area contributed by atoms with Crippen LogP contribution in [0.2, 0.25) is 0 Å². The first kappa shape index (κ1) is 15.0. The maximum atomic E-state index is 11.1. The van der Waals surface area contributed by atoms with Gasteiger partial charge >= 0.3 is 0 Å². The molecule has 0 atom stereocenters. The van der Waals surface area contributed by atoms with Gasteiger partial charge in [-0.25, -0.2) is 0 Å². The molecule has 0 saturated carbocycles. The molecule has 8 nitrogen and oxygen atoms in total. The molecule has 0 aliphatic rings. The minimum absolute atomic E-state index is 0.0301. The van der Waals surface area contributed by atoms with E-state index in [1.54, 1.807) is 47.2 Å². The summed E-state index contributed by atoms with van der Waals surface area (Å²) in [6.07, 6.45) is 6.53. The van der Waals surface area contributed by atoms with E-state index in [4.69, 9.17) is 11.5 Å². The monoisotopic (exact) mass is 298 g/mol. The quantitative estimate of drug-likeness (QED) is 0.377. The molecule has 0 fully saturated rings. The molecule has 0 spiro atoms. The van der Waals surface area contributed by atoms with E-state index >= 15 is 0 Å². The van der Waals surface area contributed by atoms with E-state index in [1.807, 2.05) is 6.07 Å². The van der Waals surface area contributed by atoms with Crippen LogP contribution in [0.4, 0.5) is 5.69 Å². The summed E-state index contributed by atoms with van der Waals surface area (Å²) in [7, 11) is 0. The van der Waals surface area contributed by atoms with E-state index in [0.717, 1.165) is 5.69 Å². The molecule has 0 amide bonds. The molecule has 4 N–H and O–H groups in total. The van der Waals surface area contributed by atoms with Crippen molar-refractivity contribution < 1.29 is 4.92 Å². The van der Waals surface area contributed by atoms with Crippen LogP contribution in [0.3, 0.4) is 0 Å². The summed E-state index contributed by atoms with van der Waals surface area (Å²) in [5.41, 5.74) is 11.5. The van der Waals surface area contributed by atoms with Gasteiger partial charge in [-0.15, -0.1) is 5.10 Å². The molecule has 0 unspecified atom stereocenters. The summed E-state index contributed by atoms with van der Waals surface area (Å²) in [4.78, 5) is 10.7. The van der Waals surface area contributed by atoms with Gasteiger partial charge < -0.3 is 16.0 Å². The predicted octanol–water partition coefficient (Wildman–Crippen LogP) is 1.66. The second-order valence-electron chi connectivity index (χ2n) is 4.20. The van der Waals surface area contributed by atoms with Crippen LogP contribution in [-0.4, -0.2) is 21.7 Å². The van der Waals surface area contributed by atoms with Crippen molar-refractivity contribution in [3.63, 3.8) is 0 Å². The highest BCUT2D eigenvalue weighted by Gasteiger charge is 2.14. The predicted molar refractivity (Wildman–Crippen MR) is 85.8 cm³/mol. The molecule has 1 heterocycles. The number of nitrogens with zero attached hydrogens (tertiary/aromatic N) is 4. The van der Waals surface area contributed by atoms with Gasteiger partial charge in [0.25, 0.3) is 5.69 Å². The van der Waals surface area contributed by atoms with Crippen LogP contribution in [0, 0.1) is 10.1 Å². The van der Waals surface area contributed by atoms with Gasteiger partial charge in [-0.3, -0.25) is 10.1 Å². The van der Waals surface area contributed by atoms with Gasteiger partial charge in [-0.1, -0.05) is 12.1 Å². The second-order valence-corrected chi connectivity index (χ2v) is 4.20. The minimum Gasteiger partial charge on any atom is -0.369 e. The maximum absolute atomic E-state index is 11.1. The summed E-state index contributed by atoms with van der Waals surface area (Å²) in [5.74, 6) is -0.132. The molecule has 1 aromatic heterocycles. The minimum atomic E-state index is -0.414. The van der Waals surface area contributed by atoms with Crippen LogP contribution in [0.1, 0.15) is 5.69 Å². The maximum Gasteiger partial charge on any atom is 0.293 e. The molecule has 2 aromatic rings. The van der Waals surface area contributed by atoms with Gasteiger partial charge in [-0.2, -0.15) is 5.10 Å². The van der Waals surface area contributed by atoms with Crippen molar-refractivity contribution in [2.24, 2.45) is 21.7 Å². The normalized spacial score (nSPS) is 11.1. The SMILES string of the molecule is NC(N)=N/N=C/C=C\c1cccn1-c1ccccc1[N+](=O)[O-]. The number of allylic oxidation sites excluding steroid dienone is 1. The first-order valence-corrected chi connectivity index (χ1v) is 6.29. The number of hydrogen-bond acceptors (Lipinski definition) is 4. The number of nitrogens with two attached hydrogens (primary N) is 2. The number of rotatable bonds is 5. The highest BCUT2D eigenvalue weighted by Crippen LogP contribution is 2.24. The Hall–Kier alpha value is -3.42. The average molecular weight is 298 g/mol. The second kappa shape index (κ2) is 6.84. The number of para-hydroxylation sites is 2. The van der Waals surface area contributed by atoms with Gasteiger partial charge in [0.1, 0.15) is 5.69 Å². The zero-order valence-electron chi connectivity index (χ0n) is 11.5. The molecule has 22 heavy (non-hydrogen) atoms. The Labute approximate surface area is 126 Å². The van der Waals surface area contributed by atoms with Crippen LogP contribution in [0.25, 0.3) is 11.8 Å². The highest BCUT2D eigenvalue weighted by atomic mass is 16.6. The van der Waals surface area contributed by atoms with Crippen LogP contribution >= 0.6 is 0 Å². The lowest BCUT2D eigenvalue weighted by atomic mass is 10.2. The van der Waals surface area contributed by atoms with Crippen molar-refractivity contribution in [3.05, 3.63) is 64.5 Å². The summed E-state index contributed by atoms with van der Waals surface area (Å²) in [5, 5.41) is 18.2. The molecule has 0 aliphatic carbocycles.